The van der Waals surface area contributed by atoms with Gasteiger partial charge in [0, 0.05) is 18.6 Å². The van der Waals surface area contributed by atoms with E-state index in [0.717, 1.165) is 38.6 Å². The van der Waals surface area contributed by atoms with Gasteiger partial charge in [-0.25, -0.2) is 16.8 Å². The second-order valence-electron chi connectivity index (χ2n) is 6.52. The summed E-state index contributed by atoms with van der Waals surface area (Å²) in [6.07, 6.45) is 5.35. The van der Waals surface area contributed by atoms with E-state index < -0.39 is 25.1 Å². The minimum absolute atomic E-state index is 0.0110. The first kappa shape index (κ1) is 15.7. The monoisotopic (exact) mass is 336 g/mol. The van der Waals surface area contributed by atoms with Crippen LogP contribution in [-0.2, 0) is 19.9 Å². The van der Waals surface area contributed by atoms with Crippen LogP contribution in [0.2, 0.25) is 0 Å². The minimum atomic E-state index is -3.49. The molecule has 2 saturated heterocycles. The molecule has 0 radical (unpaired) electrons. The fraction of sp³-hybridized carbons (Fsp3) is 1.00. The van der Waals surface area contributed by atoms with Crippen LogP contribution in [0.4, 0.5) is 0 Å². The summed E-state index contributed by atoms with van der Waals surface area (Å²) in [6.45, 7) is 1.45. The van der Waals surface area contributed by atoms with E-state index in [-0.39, 0.29) is 30.0 Å². The van der Waals surface area contributed by atoms with Crippen LogP contribution < -0.4 is 5.32 Å². The lowest BCUT2D eigenvalue weighted by molar-refractivity contribution is 0.305. The number of hydrogen-bond acceptors (Lipinski definition) is 5. The molecule has 2 aliphatic heterocycles. The van der Waals surface area contributed by atoms with Crippen molar-refractivity contribution in [1.82, 2.24) is 9.62 Å². The molecule has 2 atom stereocenters. The lowest BCUT2D eigenvalue weighted by Crippen LogP contribution is -2.49. The maximum atomic E-state index is 12.8. The van der Waals surface area contributed by atoms with Crippen molar-refractivity contribution in [3.63, 3.8) is 0 Å². The third kappa shape index (κ3) is 3.60. The number of piperidine rings is 1. The zero-order valence-corrected chi connectivity index (χ0v) is 13.8. The highest BCUT2D eigenvalue weighted by molar-refractivity contribution is 7.95. The highest BCUT2D eigenvalue weighted by Gasteiger charge is 2.45. The van der Waals surface area contributed by atoms with Gasteiger partial charge in [0.1, 0.15) is 0 Å². The van der Waals surface area contributed by atoms with E-state index in [0.29, 0.717) is 6.54 Å². The van der Waals surface area contributed by atoms with Gasteiger partial charge in [0.25, 0.3) is 0 Å². The van der Waals surface area contributed by atoms with E-state index in [4.69, 9.17) is 0 Å². The normalized spacial score (nSPS) is 33.4. The van der Waals surface area contributed by atoms with Crippen molar-refractivity contribution in [3.05, 3.63) is 0 Å². The van der Waals surface area contributed by atoms with E-state index in [9.17, 15) is 16.8 Å². The van der Waals surface area contributed by atoms with Gasteiger partial charge in [-0.2, -0.15) is 4.31 Å². The number of nitrogens with one attached hydrogen (secondary N) is 1. The fourth-order valence-corrected chi connectivity index (χ4v) is 8.12. The molecule has 0 amide bonds. The molecular formula is C13H24N2O4S2. The van der Waals surface area contributed by atoms with E-state index in [1.54, 1.807) is 4.31 Å². The van der Waals surface area contributed by atoms with Gasteiger partial charge in [-0.15, -0.1) is 0 Å². The molecule has 3 rings (SSSR count). The first-order chi connectivity index (χ1) is 9.88. The Bertz CT molecular complexity index is 577. The van der Waals surface area contributed by atoms with Crippen LogP contribution in [0.25, 0.3) is 0 Å². The molecule has 2 heterocycles. The average Bonchev–Trinajstić information content (AvgIpc) is 3.20. The molecule has 3 fully saturated rings. The van der Waals surface area contributed by atoms with Gasteiger partial charge in [0.15, 0.2) is 9.84 Å². The molecule has 122 valence electrons. The van der Waals surface area contributed by atoms with Crippen molar-refractivity contribution in [2.24, 2.45) is 0 Å². The summed E-state index contributed by atoms with van der Waals surface area (Å²) in [5.41, 5.74) is 0. The summed E-state index contributed by atoms with van der Waals surface area (Å²) < 4.78 is 50.4. The first-order valence-corrected chi connectivity index (χ1v) is 11.2. The molecule has 6 nitrogen and oxygen atoms in total. The predicted molar refractivity (Wildman–Crippen MR) is 81.3 cm³/mol. The van der Waals surface area contributed by atoms with Gasteiger partial charge in [-0.05, 0) is 38.6 Å². The van der Waals surface area contributed by atoms with Crippen molar-refractivity contribution in [2.75, 3.05) is 24.6 Å². The summed E-state index contributed by atoms with van der Waals surface area (Å²) in [6, 6.07) is 0.314. The summed E-state index contributed by atoms with van der Waals surface area (Å²) in [5, 5.41) is 2.66. The Morgan fingerprint density at radius 1 is 1.10 bits per heavy atom. The highest BCUT2D eigenvalue weighted by atomic mass is 32.2. The Hall–Kier alpha value is -0.180. The Labute approximate surface area is 127 Å². The molecule has 1 saturated carbocycles. The Morgan fingerprint density at radius 3 is 2.38 bits per heavy atom. The predicted octanol–water partition coefficient (Wildman–Crippen LogP) is 0.110. The van der Waals surface area contributed by atoms with Crippen LogP contribution in [0.15, 0.2) is 0 Å². The molecule has 3 aliphatic rings. The van der Waals surface area contributed by atoms with Crippen LogP contribution in [0.1, 0.15) is 38.5 Å². The zero-order valence-electron chi connectivity index (χ0n) is 12.2. The lowest BCUT2D eigenvalue weighted by atomic mass is 10.1. The summed E-state index contributed by atoms with van der Waals surface area (Å²) in [7, 11) is -6.67. The molecule has 0 bridgehead atoms. The van der Waals surface area contributed by atoms with Crippen molar-refractivity contribution in [1.29, 1.82) is 0 Å². The van der Waals surface area contributed by atoms with E-state index in [1.165, 1.54) is 0 Å². The molecule has 0 aromatic rings. The number of rotatable bonds is 5. The van der Waals surface area contributed by atoms with Gasteiger partial charge in [-0.1, -0.05) is 6.42 Å². The fourth-order valence-electron chi connectivity index (χ4n) is 3.31. The largest absolute Gasteiger partial charge is 0.313 e. The number of sulfonamides is 1. The van der Waals surface area contributed by atoms with Gasteiger partial charge in [0.05, 0.1) is 16.8 Å². The van der Waals surface area contributed by atoms with E-state index in [2.05, 4.69) is 5.32 Å². The standard InChI is InChI=1S/C13H24N2O4S2/c16-20(17)8-6-13(10-20)21(18,19)15(12-4-5-12)9-11-3-1-2-7-14-11/h11-14H,1-10H2. The molecule has 1 N–H and O–H groups in total. The summed E-state index contributed by atoms with van der Waals surface area (Å²) >= 11 is 0. The van der Waals surface area contributed by atoms with Crippen LogP contribution >= 0.6 is 0 Å². The molecule has 0 aromatic carbocycles. The van der Waals surface area contributed by atoms with Gasteiger partial charge in [0.2, 0.25) is 10.0 Å². The lowest BCUT2D eigenvalue weighted by Gasteiger charge is -2.31. The highest BCUT2D eigenvalue weighted by Crippen LogP contribution is 2.33. The quantitative estimate of drug-likeness (QED) is 0.770. The number of hydrogen-bond donors (Lipinski definition) is 1. The molecule has 8 heteroatoms. The van der Waals surface area contributed by atoms with Crippen LogP contribution in [0.3, 0.4) is 0 Å². The summed E-state index contributed by atoms with van der Waals surface area (Å²) in [5.74, 6) is -0.187. The Balaban J connectivity index is 1.73. The van der Waals surface area contributed by atoms with Crippen LogP contribution in [0.5, 0.6) is 0 Å². The van der Waals surface area contributed by atoms with Crippen molar-refractivity contribution < 1.29 is 16.8 Å². The second kappa shape index (κ2) is 5.79. The van der Waals surface area contributed by atoms with Gasteiger partial charge in [-0.3, -0.25) is 0 Å². The first-order valence-electron chi connectivity index (χ1n) is 7.83. The minimum Gasteiger partial charge on any atom is -0.313 e. The topological polar surface area (TPSA) is 83.5 Å². The summed E-state index contributed by atoms with van der Waals surface area (Å²) in [4.78, 5) is 0. The maximum Gasteiger partial charge on any atom is 0.218 e. The molecular weight excluding hydrogens is 312 g/mol. The molecule has 2 unspecified atom stereocenters. The van der Waals surface area contributed by atoms with Gasteiger partial charge >= 0.3 is 0 Å². The second-order valence-corrected chi connectivity index (χ2v) is 10.9. The van der Waals surface area contributed by atoms with E-state index in [1.807, 2.05) is 0 Å². The maximum absolute atomic E-state index is 12.8. The van der Waals surface area contributed by atoms with Crippen LogP contribution in [-0.4, -0.2) is 63.1 Å². The zero-order chi connectivity index (χ0) is 15.1. The Morgan fingerprint density at radius 2 is 1.86 bits per heavy atom. The Kier molecular flexibility index (Phi) is 4.33. The van der Waals surface area contributed by atoms with Crippen molar-refractivity contribution in [2.45, 2.75) is 55.9 Å². The average molecular weight is 336 g/mol. The SMILES string of the molecule is O=S1(=O)CCC(S(=O)(=O)N(CC2CCCCN2)C2CC2)C1. The smallest absolute Gasteiger partial charge is 0.218 e. The van der Waals surface area contributed by atoms with Crippen LogP contribution in [0, 0.1) is 0 Å². The molecule has 0 spiro atoms. The van der Waals surface area contributed by atoms with Crippen molar-refractivity contribution >= 4 is 19.9 Å². The third-order valence-electron chi connectivity index (χ3n) is 4.71. The van der Waals surface area contributed by atoms with E-state index >= 15 is 0 Å². The van der Waals surface area contributed by atoms with Gasteiger partial charge < -0.3 is 5.32 Å². The molecule has 0 aromatic heterocycles. The number of sulfone groups is 1. The molecule has 21 heavy (non-hydrogen) atoms. The van der Waals surface area contributed by atoms with Crippen molar-refractivity contribution in [3.8, 4) is 0 Å². The number of nitrogens with zero attached hydrogens (tertiary/aromatic N) is 1. The molecule has 1 aliphatic carbocycles. The third-order valence-corrected chi connectivity index (χ3v) is 9.03.